The van der Waals surface area contributed by atoms with Gasteiger partial charge in [0.2, 0.25) is 6.79 Å². The first-order chi connectivity index (χ1) is 9.88. The highest BCUT2D eigenvalue weighted by molar-refractivity contribution is 5.78. The Labute approximate surface area is 115 Å². The summed E-state index contributed by atoms with van der Waals surface area (Å²) < 4.78 is 21.8. The summed E-state index contributed by atoms with van der Waals surface area (Å²) >= 11 is 0. The Morgan fingerprint density at radius 2 is 1.90 bits per heavy atom. The molecule has 4 rings (SSSR count). The van der Waals surface area contributed by atoms with Gasteiger partial charge in [-0.25, -0.2) is 0 Å². The van der Waals surface area contributed by atoms with Gasteiger partial charge in [0.05, 0.1) is 6.26 Å². The van der Waals surface area contributed by atoms with Crippen LogP contribution >= 0.6 is 0 Å². The molecule has 4 nitrogen and oxygen atoms in total. The van der Waals surface area contributed by atoms with Gasteiger partial charge < -0.3 is 18.6 Å². The fourth-order valence-electron chi connectivity index (χ4n) is 2.22. The van der Waals surface area contributed by atoms with Crippen LogP contribution in [0.25, 0.3) is 11.0 Å². The molecule has 3 aromatic rings. The molecular weight excluding hydrogens is 256 g/mol. The fourth-order valence-corrected chi connectivity index (χ4v) is 2.22. The molecule has 2 aromatic carbocycles. The van der Waals surface area contributed by atoms with Crippen LogP contribution in [0.2, 0.25) is 0 Å². The molecule has 0 saturated heterocycles. The molecular formula is C16H12O4. The van der Waals surface area contributed by atoms with Crippen LogP contribution in [0.1, 0.15) is 5.56 Å². The van der Waals surface area contributed by atoms with Crippen molar-refractivity contribution >= 4 is 11.0 Å². The molecule has 2 heterocycles. The number of fused-ring (bicyclic) bond motifs is 2. The molecule has 20 heavy (non-hydrogen) atoms. The van der Waals surface area contributed by atoms with E-state index in [0.717, 1.165) is 33.8 Å². The molecule has 0 saturated carbocycles. The zero-order chi connectivity index (χ0) is 13.4. The van der Waals surface area contributed by atoms with E-state index in [-0.39, 0.29) is 6.79 Å². The van der Waals surface area contributed by atoms with Crippen molar-refractivity contribution in [3.05, 3.63) is 54.3 Å². The van der Waals surface area contributed by atoms with Crippen molar-refractivity contribution in [3.63, 3.8) is 0 Å². The Kier molecular flexibility index (Phi) is 2.52. The van der Waals surface area contributed by atoms with E-state index in [9.17, 15) is 0 Å². The van der Waals surface area contributed by atoms with Gasteiger partial charge in [-0.1, -0.05) is 6.07 Å². The standard InChI is InChI=1S/C16H12O4/c1-4-14-16(20-10-19-14)7-11(1)9-18-13-3-2-12-5-6-17-15(12)8-13/h1-8H,9-10H2. The van der Waals surface area contributed by atoms with Gasteiger partial charge in [-0.15, -0.1) is 0 Å². The van der Waals surface area contributed by atoms with Crippen molar-refractivity contribution < 1.29 is 18.6 Å². The van der Waals surface area contributed by atoms with Crippen LogP contribution in [-0.2, 0) is 6.61 Å². The van der Waals surface area contributed by atoms with Crippen LogP contribution in [0.4, 0.5) is 0 Å². The predicted molar refractivity (Wildman–Crippen MR) is 73.1 cm³/mol. The monoisotopic (exact) mass is 268 g/mol. The molecule has 0 fully saturated rings. The highest BCUT2D eigenvalue weighted by atomic mass is 16.7. The SMILES string of the molecule is c1cc2ccc(OCc3ccc4c(c3)OCO4)cc2o1. The molecule has 0 aliphatic carbocycles. The minimum absolute atomic E-state index is 0.287. The molecule has 0 bridgehead atoms. The molecule has 1 aromatic heterocycles. The van der Waals surface area contributed by atoms with Gasteiger partial charge in [-0.3, -0.25) is 0 Å². The average molecular weight is 268 g/mol. The lowest BCUT2D eigenvalue weighted by Crippen LogP contribution is -1.95. The third-order valence-corrected chi connectivity index (χ3v) is 3.27. The van der Waals surface area contributed by atoms with E-state index in [4.69, 9.17) is 18.6 Å². The van der Waals surface area contributed by atoms with Gasteiger partial charge >= 0.3 is 0 Å². The zero-order valence-corrected chi connectivity index (χ0v) is 10.7. The second-order valence-corrected chi connectivity index (χ2v) is 4.60. The molecule has 0 unspecified atom stereocenters. The second-order valence-electron chi connectivity index (χ2n) is 4.60. The maximum Gasteiger partial charge on any atom is 0.231 e. The molecule has 0 radical (unpaired) electrons. The highest BCUT2D eigenvalue weighted by Gasteiger charge is 2.13. The smallest absolute Gasteiger partial charge is 0.231 e. The lowest BCUT2D eigenvalue weighted by atomic mass is 10.2. The predicted octanol–water partition coefficient (Wildman–Crippen LogP) is 3.74. The van der Waals surface area contributed by atoms with Crippen molar-refractivity contribution in [1.82, 2.24) is 0 Å². The summed E-state index contributed by atoms with van der Waals surface area (Å²) in [5.74, 6) is 2.34. The van der Waals surface area contributed by atoms with E-state index in [1.165, 1.54) is 0 Å². The fraction of sp³-hybridized carbons (Fsp3) is 0.125. The number of furan rings is 1. The lowest BCUT2D eigenvalue weighted by molar-refractivity contribution is 0.174. The molecule has 1 aliphatic heterocycles. The zero-order valence-electron chi connectivity index (χ0n) is 10.7. The maximum absolute atomic E-state index is 5.77. The average Bonchev–Trinajstić information content (AvgIpc) is 3.12. The van der Waals surface area contributed by atoms with Crippen LogP contribution in [0.15, 0.2) is 53.1 Å². The Balaban J connectivity index is 1.52. The van der Waals surface area contributed by atoms with E-state index in [1.807, 2.05) is 42.5 Å². The molecule has 0 amide bonds. The Morgan fingerprint density at radius 1 is 0.950 bits per heavy atom. The summed E-state index contributed by atoms with van der Waals surface area (Å²) in [5.41, 5.74) is 1.86. The molecule has 4 heteroatoms. The topological polar surface area (TPSA) is 40.8 Å². The van der Waals surface area contributed by atoms with E-state index in [1.54, 1.807) is 6.26 Å². The molecule has 0 N–H and O–H groups in total. The maximum atomic E-state index is 5.77. The molecule has 0 atom stereocenters. The summed E-state index contributed by atoms with van der Waals surface area (Å²) in [6.45, 7) is 0.762. The minimum Gasteiger partial charge on any atom is -0.489 e. The van der Waals surface area contributed by atoms with Gasteiger partial charge in [0.1, 0.15) is 17.9 Å². The number of rotatable bonds is 3. The largest absolute Gasteiger partial charge is 0.489 e. The minimum atomic E-state index is 0.287. The third-order valence-electron chi connectivity index (χ3n) is 3.27. The first-order valence-corrected chi connectivity index (χ1v) is 6.37. The van der Waals surface area contributed by atoms with E-state index in [2.05, 4.69) is 0 Å². The first-order valence-electron chi connectivity index (χ1n) is 6.37. The van der Waals surface area contributed by atoms with E-state index < -0.39 is 0 Å². The van der Waals surface area contributed by atoms with Crippen LogP contribution in [0.3, 0.4) is 0 Å². The van der Waals surface area contributed by atoms with Crippen molar-refractivity contribution in [3.8, 4) is 17.2 Å². The molecule has 0 spiro atoms. The first kappa shape index (κ1) is 11.2. The van der Waals surface area contributed by atoms with E-state index in [0.29, 0.717) is 6.61 Å². The van der Waals surface area contributed by atoms with Gasteiger partial charge in [0, 0.05) is 11.5 Å². The van der Waals surface area contributed by atoms with Crippen LogP contribution in [0, 0.1) is 0 Å². The van der Waals surface area contributed by atoms with Crippen LogP contribution in [0.5, 0.6) is 17.2 Å². The van der Waals surface area contributed by atoms with Crippen LogP contribution < -0.4 is 14.2 Å². The summed E-state index contributed by atoms with van der Waals surface area (Å²) in [4.78, 5) is 0. The summed E-state index contributed by atoms with van der Waals surface area (Å²) in [6.07, 6.45) is 1.67. The highest BCUT2D eigenvalue weighted by Crippen LogP contribution is 2.32. The number of hydrogen-bond donors (Lipinski definition) is 0. The Bertz CT molecular complexity index is 760. The van der Waals surface area contributed by atoms with Gasteiger partial charge in [0.25, 0.3) is 0 Å². The quantitative estimate of drug-likeness (QED) is 0.725. The van der Waals surface area contributed by atoms with Gasteiger partial charge in [-0.2, -0.15) is 0 Å². The number of ether oxygens (including phenoxy) is 3. The van der Waals surface area contributed by atoms with Crippen molar-refractivity contribution in [2.45, 2.75) is 6.61 Å². The Hall–Kier alpha value is -2.62. The van der Waals surface area contributed by atoms with Crippen molar-refractivity contribution in [2.75, 3.05) is 6.79 Å². The third kappa shape index (κ3) is 1.95. The number of hydrogen-bond acceptors (Lipinski definition) is 4. The van der Waals surface area contributed by atoms with E-state index >= 15 is 0 Å². The van der Waals surface area contributed by atoms with Crippen molar-refractivity contribution in [1.29, 1.82) is 0 Å². The normalized spacial score (nSPS) is 12.8. The Morgan fingerprint density at radius 3 is 2.90 bits per heavy atom. The van der Waals surface area contributed by atoms with Gasteiger partial charge in [-0.05, 0) is 35.9 Å². The summed E-state index contributed by atoms with van der Waals surface area (Å²) in [5, 5.41) is 1.07. The second kappa shape index (κ2) is 4.49. The summed E-state index contributed by atoms with van der Waals surface area (Å²) in [6, 6.07) is 13.5. The summed E-state index contributed by atoms with van der Waals surface area (Å²) in [7, 11) is 0. The number of benzene rings is 2. The van der Waals surface area contributed by atoms with Gasteiger partial charge in [0.15, 0.2) is 11.5 Å². The molecule has 1 aliphatic rings. The lowest BCUT2D eigenvalue weighted by Gasteiger charge is -2.07. The molecule has 100 valence electrons. The van der Waals surface area contributed by atoms with Crippen molar-refractivity contribution in [2.24, 2.45) is 0 Å². The van der Waals surface area contributed by atoms with Crippen LogP contribution in [-0.4, -0.2) is 6.79 Å².